The second-order valence-corrected chi connectivity index (χ2v) is 6.13. The quantitative estimate of drug-likeness (QED) is 0.683. The van der Waals surface area contributed by atoms with E-state index in [4.69, 9.17) is 11.5 Å². The Morgan fingerprint density at radius 2 is 1.72 bits per heavy atom. The molecule has 3 rings (SSSR count). The van der Waals surface area contributed by atoms with E-state index in [1.807, 2.05) is 38.1 Å². The van der Waals surface area contributed by atoms with Gasteiger partial charge in [0.05, 0.1) is 5.69 Å². The molecule has 3 aromatic rings. The van der Waals surface area contributed by atoms with Crippen LogP contribution < -0.4 is 11.5 Å². The number of nitrogens with zero attached hydrogens (tertiary/aromatic N) is 2. The van der Waals surface area contributed by atoms with Crippen molar-refractivity contribution in [3.63, 3.8) is 0 Å². The molecule has 0 aliphatic rings. The SMILES string of the molecule is Cc1ccc(-c2nn(-c3c(C)ccc(O)c3C)c(N)c2C(N)=O)cc1. The number of carbonyl (C=O) groups excluding carboxylic acids is 1. The Kier molecular flexibility index (Phi) is 3.96. The molecule has 5 N–H and O–H groups in total. The van der Waals surface area contributed by atoms with Crippen molar-refractivity contribution in [1.29, 1.82) is 0 Å². The van der Waals surface area contributed by atoms with Crippen molar-refractivity contribution in [2.24, 2.45) is 5.73 Å². The number of hydrogen-bond acceptors (Lipinski definition) is 4. The molecule has 0 aliphatic carbocycles. The number of rotatable bonds is 3. The number of benzene rings is 2. The zero-order valence-electron chi connectivity index (χ0n) is 14.4. The average Bonchev–Trinajstić information content (AvgIpc) is 2.90. The second kappa shape index (κ2) is 5.98. The van der Waals surface area contributed by atoms with Crippen LogP contribution in [0.3, 0.4) is 0 Å². The van der Waals surface area contributed by atoms with E-state index in [2.05, 4.69) is 5.10 Å². The van der Waals surface area contributed by atoms with Crippen molar-refractivity contribution in [2.75, 3.05) is 5.73 Å². The molecule has 1 aromatic heterocycles. The fraction of sp³-hybridized carbons (Fsp3) is 0.158. The van der Waals surface area contributed by atoms with Gasteiger partial charge in [-0.3, -0.25) is 4.79 Å². The van der Waals surface area contributed by atoms with Crippen LogP contribution in [0, 0.1) is 20.8 Å². The first kappa shape index (κ1) is 16.6. The Balaban J connectivity index is 2.31. The van der Waals surface area contributed by atoms with E-state index in [1.165, 1.54) is 4.68 Å². The van der Waals surface area contributed by atoms with E-state index in [9.17, 15) is 9.90 Å². The van der Waals surface area contributed by atoms with Crippen LogP contribution in [0.2, 0.25) is 0 Å². The normalized spacial score (nSPS) is 10.8. The van der Waals surface area contributed by atoms with E-state index in [1.54, 1.807) is 19.1 Å². The molecule has 0 saturated heterocycles. The van der Waals surface area contributed by atoms with E-state index in [0.717, 1.165) is 16.7 Å². The van der Waals surface area contributed by atoms with Gasteiger partial charge in [0.15, 0.2) is 0 Å². The van der Waals surface area contributed by atoms with E-state index >= 15 is 0 Å². The average molecular weight is 336 g/mol. The number of phenols is 1. The van der Waals surface area contributed by atoms with Gasteiger partial charge >= 0.3 is 0 Å². The highest BCUT2D eigenvalue weighted by atomic mass is 16.3. The molecular formula is C19H20N4O2. The van der Waals surface area contributed by atoms with Gasteiger partial charge in [-0.05, 0) is 32.4 Å². The van der Waals surface area contributed by atoms with Crippen LogP contribution in [0.25, 0.3) is 16.9 Å². The highest BCUT2D eigenvalue weighted by molar-refractivity contribution is 6.03. The summed E-state index contributed by atoms with van der Waals surface area (Å²) >= 11 is 0. The lowest BCUT2D eigenvalue weighted by molar-refractivity contribution is 0.100. The second-order valence-electron chi connectivity index (χ2n) is 6.13. The number of hydrogen-bond donors (Lipinski definition) is 3. The fourth-order valence-electron chi connectivity index (χ4n) is 2.91. The summed E-state index contributed by atoms with van der Waals surface area (Å²) in [6.45, 7) is 5.64. The van der Waals surface area contributed by atoms with Gasteiger partial charge in [-0.15, -0.1) is 0 Å². The van der Waals surface area contributed by atoms with Crippen LogP contribution in [0.5, 0.6) is 5.75 Å². The Bertz CT molecular complexity index is 972. The Hall–Kier alpha value is -3.28. The number of nitrogen functional groups attached to an aromatic ring is 1. The fourth-order valence-corrected chi connectivity index (χ4v) is 2.91. The molecule has 1 amide bonds. The van der Waals surface area contributed by atoms with Crippen molar-refractivity contribution in [3.8, 4) is 22.7 Å². The molecule has 0 atom stereocenters. The molecule has 1 heterocycles. The maximum atomic E-state index is 12.0. The zero-order valence-corrected chi connectivity index (χ0v) is 14.4. The third-order valence-corrected chi connectivity index (χ3v) is 4.31. The standard InChI is InChI=1S/C19H20N4O2/c1-10-4-7-13(8-5-10)16-15(19(21)25)18(20)23(22-16)17-11(2)6-9-14(24)12(17)3/h4-9,24H,20H2,1-3H3,(H2,21,25). The summed E-state index contributed by atoms with van der Waals surface area (Å²) in [6.07, 6.45) is 0. The van der Waals surface area contributed by atoms with E-state index in [0.29, 0.717) is 16.9 Å². The van der Waals surface area contributed by atoms with Gasteiger partial charge in [0.25, 0.3) is 5.91 Å². The highest BCUT2D eigenvalue weighted by Gasteiger charge is 2.24. The van der Waals surface area contributed by atoms with Crippen LogP contribution in [-0.4, -0.2) is 20.8 Å². The summed E-state index contributed by atoms with van der Waals surface area (Å²) in [5, 5.41) is 14.6. The minimum absolute atomic E-state index is 0.132. The molecular weight excluding hydrogens is 316 g/mol. The molecule has 0 bridgehead atoms. The lowest BCUT2D eigenvalue weighted by Gasteiger charge is -2.12. The first-order chi connectivity index (χ1) is 11.8. The Morgan fingerprint density at radius 3 is 2.32 bits per heavy atom. The van der Waals surface area contributed by atoms with Gasteiger partial charge in [0.1, 0.15) is 22.8 Å². The van der Waals surface area contributed by atoms with Gasteiger partial charge in [-0.25, -0.2) is 4.68 Å². The zero-order chi connectivity index (χ0) is 18.3. The Morgan fingerprint density at radius 1 is 1.08 bits per heavy atom. The molecule has 128 valence electrons. The van der Waals surface area contributed by atoms with Crippen molar-refractivity contribution < 1.29 is 9.90 Å². The maximum absolute atomic E-state index is 12.0. The van der Waals surface area contributed by atoms with Crippen LogP contribution in [-0.2, 0) is 0 Å². The summed E-state index contributed by atoms with van der Waals surface area (Å²) in [4.78, 5) is 12.0. The third-order valence-electron chi connectivity index (χ3n) is 4.31. The Labute approximate surface area is 145 Å². The van der Waals surface area contributed by atoms with Crippen molar-refractivity contribution in [1.82, 2.24) is 9.78 Å². The molecule has 0 radical (unpaired) electrons. The van der Waals surface area contributed by atoms with Gasteiger partial charge in [-0.1, -0.05) is 35.9 Å². The predicted molar refractivity (Wildman–Crippen MR) is 97.8 cm³/mol. The smallest absolute Gasteiger partial charge is 0.254 e. The number of aryl methyl sites for hydroxylation is 2. The summed E-state index contributed by atoms with van der Waals surface area (Å²) in [5.74, 6) is -0.359. The van der Waals surface area contributed by atoms with Crippen LogP contribution in [0.15, 0.2) is 36.4 Å². The first-order valence-corrected chi connectivity index (χ1v) is 7.86. The molecule has 6 nitrogen and oxygen atoms in total. The van der Waals surface area contributed by atoms with Crippen molar-refractivity contribution in [2.45, 2.75) is 20.8 Å². The van der Waals surface area contributed by atoms with Crippen LogP contribution >= 0.6 is 0 Å². The monoisotopic (exact) mass is 336 g/mol. The number of aromatic nitrogens is 2. The molecule has 0 unspecified atom stereocenters. The number of amides is 1. The molecule has 0 aliphatic heterocycles. The summed E-state index contributed by atoms with van der Waals surface area (Å²) < 4.78 is 1.47. The van der Waals surface area contributed by atoms with Gasteiger partial charge < -0.3 is 16.6 Å². The number of aromatic hydroxyl groups is 1. The molecule has 0 saturated carbocycles. The molecule has 25 heavy (non-hydrogen) atoms. The van der Waals surface area contributed by atoms with Gasteiger partial charge in [-0.2, -0.15) is 5.10 Å². The van der Waals surface area contributed by atoms with Gasteiger partial charge in [0, 0.05) is 11.1 Å². The molecule has 0 spiro atoms. The minimum Gasteiger partial charge on any atom is -0.508 e. The third kappa shape index (κ3) is 2.71. The predicted octanol–water partition coefficient (Wildman–Crippen LogP) is 2.85. The largest absolute Gasteiger partial charge is 0.508 e. The highest BCUT2D eigenvalue weighted by Crippen LogP contribution is 2.33. The van der Waals surface area contributed by atoms with Crippen LogP contribution in [0.4, 0.5) is 5.82 Å². The van der Waals surface area contributed by atoms with E-state index in [-0.39, 0.29) is 17.1 Å². The minimum atomic E-state index is -0.644. The number of phenolic OH excluding ortho intramolecular Hbond substituents is 1. The van der Waals surface area contributed by atoms with Crippen molar-refractivity contribution in [3.05, 3.63) is 58.7 Å². The lowest BCUT2D eigenvalue weighted by atomic mass is 10.1. The van der Waals surface area contributed by atoms with Crippen molar-refractivity contribution >= 4 is 11.7 Å². The molecule has 2 aromatic carbocycles. The van der Waals surface area contributed by atoms with Crippen LogP contribution in [0.1, 0.15) is 27.0 Å². The summed E-state index contributed by atoms with van der Waals surface area (Å²) in [6, 6.07) is 11.0. The number of carbonyl (C=O) groups is 1. The number of anilines is 1. The van der Waals surface area contributed by atoms with Gasteiger partial charge in [0.2, 0.25) is 0 Å². The van der Waals surface area contributed by atoms with E-state index < -0.39 is 5.91 Å². The lowest BCUT2D eigenvalue weighted by Crippen LogP contribution is -2.14. The summed E-state index contributed by atoms with van der Waals surface area (Å²) in [5.41, 5.74) is 16.3. The summed E-state index contributed by atoms with van der Waals surface area (Å²) in [7, 11) is 0. The first-order valence-electron chi connectivity index (χ1n) is 7.86. The molecule has 0 fully saturated rings. The number of nitrogens with two attached hydrogens (primary N) is 2. The maximum Gasteiger partial charge on any atom is 0.254 e. The number of primary amides is 1. The topological polar surface area (TPSA) is 107 Å². The molecule has 6 heteroatoms.